The maximum absolute atomic E-state index is 11.5. The molecule has 3 heteroatoms. The number of hydrogen-bond donors (Lipinski definition) is 0. The van der Waals surface area contributed by atoms with Crippen molar-refractivity contribution < 1.29 is 14.3 Å². The van der Waals surface area contributed by atoms with Crippen molar-refractivity contribution in [1.82, 2.24) is 0 Å². The van der Waals surface area contributed by atoms with Gasteiger partial charge in [0.15, 0.2) is 6.61 Å². The molecule has 13 heavy (non-hydrogen) atoms. The first kappa shape index (κ1) is 10.1. The second kappa shape index (κ2) is 4.29. The van der Waals surface area contributed by atoms with Crippen LogP contribution in [0, 0.1) is 17.3 Å². The van der Waals surface area contributed by atoms with Crippen LogP contribution in [0.1, 0.15) is 20.3 Å². The van der Waals surface area contributed by atoms with E-state index in [1.807, 2.05) is 6.92 Å². The lowest BCUT2D eigenvalue weighted by molar-refractivity contribution is -0.153. The van der Waals surface area contributed by atoms with Crippen molar-refractivity contribution in [2.45, 2.75) is 20.3 Å². The fourth-order valence-corrected chi connectivity index (χ4v) is 1.18. The number of ether oxygens (including phenoxy) is 2. The van der Waals surface area contributed by atoms with Gasteiger partial charge >= 0.3 is 5.97 Å². The third-order valence-corrected chi connectivity index (χ3v) is 2.16. The molecule has 0 N–H and O–H groups in total. The molecule has 72 valence electrons. The van der Waals surface area contributed by atoms with Gasteiger partial charge in [-0.2, -0.15) is 0 Å². The molecule has 1 fully saturated rings. The summed E-state index contributed by atoms with van der Waals surface area (Å²) in [6.07, 6.45) is 0.741. The first-order valence-corrected chi connectivity index (χ1v) is 4.33. The maximum Gasteiger partial charge on any atom is 0.315 e. The van der Waals surface area contributed by atoms with Gasteiger partial charge in [-0.1, -0.05) is 5.92 Å². The Labute approximate surface area is 78.4 Å². The normalized spacial score (nSPS) is 26.3. The van der Waals surface area contributed by atoms with E-state index < -0.39 is 5.41 Å². The van der Waals surface area contributed by atoms with Crippen LogP contribution in [-0.4, -0.2) is 25.8 Å². The lowest BCUT2D eigenvalue weighted by atomic mass is 9.90. The van der Waals surface area contributed by atoms with Gasteiger partial charge in [0.05, 0.1) is 12.0 Å². The zero-order valence-electron chi connectivity index (χ0n) is 8.05. The predicted octanol–water partition coefficient (Wildman–Crippen LogP) is 0.980. The van der Waals surface area contributed by atoms with Crippen LogP contribution in [0.2, 0.25) is 0 Å². The summed E-state index contributed by atoms with van der Waals surface area (Å²) in [6.45, 7) is 4.87. The fraction of sp³-hybridized carbons (Fsp3) is 0.700. The second-order valence-corrected chi connectivity index (χ2v) is 3.37. The van der Waals surface area contributed by atoms with Crippen molar-refractivity contribution in [3.63, 3.8) is 0 Å². The van der Waals surface area contributed by atoms with Crippen LogP contribution < -0.4 is 0 Å². The van der Waals surface area contributed by atoms with Gasteiger partial charge in [-0.15, -0.1) is 5.92 Å². The minimum Gasteiger partial charge on any atom is -0.452 e. The summed E-state index contributed by atoms with van der Waals surface area (Å²) in [4.78, 5) is 11.5. The van der Waals surface area contributed by atoms with Gasteiger partial charge in [0.1, 0.15) is 0 Å². The molecule has 0 aromatic carbocycles. The van der Waals surface area contributed by atoms with E-state index in [4.69, 9.17) is 9.47 Å². The molecule has 1 rings (SSSR count). The van der Waals surface area contributed by atoms with Crippen LogP contribution in [0.15, 0.2) is 0 Å². The molecular weight excluding hydrogens is 168 g/mol. The Kier molecular flexibility index (Phi) is 3.32. The van der Waals surface area contributed by atoms with Crippen LogP contribution in [0.4, 0.5) is 0 Å². The lowest BCUT2D eigenvalue weighted by Gasteiger charge is -2.18. The van der Waals surface area contributed by atoms with E-state index in [0.717, 1.165) is 6.42 Å². The summed E-state index contributed by atoms with van der Waals surface area (Å²) < 4.78 is 10.1. The van der Waals surface area contributed by atoms with Gasteiger partial charge < -0.3 is 9.47 Å². The number of esters is 1. The molecule has 0 aromatic heterocycles. The van der Waals surface area contributed by atoms with Crippen LogP contribution in [0.5, 0.6) is 0 Å². The van der Waals surface area contributed by atoms with Gasteiger partial charge in [0.2, 0.25) is 0 Å². The molecule has 0 spiro atoms. The molecule has 0 saturated carbocycles. The summed E-state index contributed by atoms with van der Waals surface area (Å²) >= 11 is 0. The number of carbonyl (C=O) groups is 1. The molecule has 0 amide bonds. The number of rotatable bonds is 2. The third kappa shape index (κ3) is 2.46. The van der Waals surface area contributed by atoms with E-state index in [-0.39, 0.29) is 12.6 Å². The van der Waals surface area contributed by atoms with E-state index in [0.29, 0.717) is 13.2 Å². The Balaban J connectivity index is 2.40. The monoisotopic (exact) mass is 182 g/mol. The molecule has 0 bridgehead atoms. The smallest absolute Gasteiger partial charge is 0.315 e. The average Bonchev–Trinajstić information content (AvgIpc) is 2.54. The van der Waals surface area contributed by atoms with Crippen LogP contribution in [0.3, 0.4) is 0 Å². The summed E-state index contributed by atoms with van der Waals surface area (Å²) in [6, 6.07) is 0. The largest absolute Gasteiger partial charge is 0.452 e. The molecule has 1 aliphatic heterocycles. The minimum absolute atomic E-state index is 0.185. The van der Waals surface area contributed by atoms with Crippen LogP contribution in [-0.2, 0) is 14.3 Å². The van der Waals surface area contributed by atoms with Crippen molar-refractivity contribution in [3.05, 3.63) is 0 Å². The highest BCUT2D eigenvalue weighted by Gasteiger charge is 2.38. The van der Waals surface area contributed by atoms with Gasteiger partial charge in [-0.3, -0.25) is 4.79 Å². The number of carbonyl (C=O) groups excluding carboxylic acids is 1. The summed E-state index contributed by atoms with van der Waals surface area (Å²) in [5.74, 6) is 5.15. The van der Waals surface area contributed by atoms with E-state index >= 15 is 0 Å². The van der Waals surface area contributed by atoms with Gasteiger partial charge in [-0.05, 0) is 20.3 Å². The lowest BCUT2D eigenvalue weighted by Crippen LogP contribution is -2.30. The Morgan fingerprint density at radius 2 is 2.46 bits per heavy atom. The molecule has 1 saturated heterocycles. The van der Waals surface area contributed by atoms with E-state index in [2.05, 4.69) is 11.8 Å². The predicted molar refractivity (Wildman–Crippen MR) is 48.0 cm³/mol. The summed E-state index contributed by atoms with van der Waals surface area (Å²) in [5.41, 5.74) is -0.449. The van der Waals surface area contributed by atoms with Crippen LogP contribution >= 0.6 is 0 Å². The van der Waals surface area contributed by atoms with E-state index in [9.17, 15) is 4.79 Å². The molecule has 1 heterocycles. The first-order chi connectivity index (χ1) is 6.19. The van der Waals surface area contributed by atoms with Crippen molar-refractivity contribution in [3.8, 4) is 11.8 Å². The Hall–Kier alpha value is -1.01. The molecule has 0 aromatic rings. The van der Waals surface area contributed by atoms with Crippen molar-refractivity contribution >= 4 is 5.97 Å². The summed E-state index contributed by atoms with van der Waals surface area (Å²) in [7, 11) is 0. The molecule has 0 aliphatic carbocycles. The maximum atomic E-state index is 11.5. The van der Waals surface area contributed by atoms with Crippen LogP contribution in [0.25, 0.3) is 0 Å². The van der Waals surface area contributed by atoms with Gasteiger partial charge in [0, 0.05) is 6.61 Å². The van der Waals surface area contributed by atoms with E-state index in [1.54, 1.807) is 6.92 Å². The third-order valence-electron chi connectivity index (χ3n) is 2.16. The highest BCUT2D eigenvalue weighted by atomic mass is 16.5. The van der Waals surface area contributed by atoms with Crippen molar-refractivity contribution in [2.24, 2.45) is 5.41 Å². The second-order valence-electron chi connectivity index (χ2n) is 3.37. The Morgan fingerprint density at radius 3 is 3.00 bits per heavy atom. The van der Waals surface area contributed by atoms with Crippen molar-refractivity contribution in [1.29, 1.82) is 0 Å². The molecule has 1 unspecified atom stereocenters. The molecule has 1 aliphatic rings. The quantitative estimate of drug-likeness (QED) is 0.471. The SMILES string of the molecule is CC#CCOC(=O)C1(C)CCOC1. The highest BCUT2D eigenvalue weighted by Crippen LogP contribution is 2.28. The molecule has 3 nitrogen and oxygen atoms in total. The molecule has 1 atom stereocenters. The molecule has 0 radical (unpaired) electrons. The van der Waals surface area contributed by atoms with Gasteiger partial charge in [0.25, 0.3) is 0 Å². The van der Waals surface area contributed by atoms with Crippen molar-refractivity contribution in [2.75, 3.05) is 19.8 Å². The van der Waals surface area contributed by atoms with Gasteiger partial charge in [-0.25, -0.2) is 0 Å². The zero-order chi connectivity index (χ0) is 9.73. The molecular formula is C10H14O3. The number of hydrogen-bond acceptors (Lipinski definition) is 3. The Bertz CT molecular complexity index is 241. The Morgan fingerprint density at radius 1 is 1.69 bits per heavy atom. The summed E-state index contributed by atoms with van der Waals surface area (Å²) in [5, 5.41) is 0. The fourth-order valence-electron chi connectivity index (χ4n) is 1.18. The standard InChI is InChI=1S/C10H14O3/c1-3-4-6-13-9(11)10(2)5-7-12-8-10/h5-8H2,1-2H3. The highest BCUT2D eigenvalue weighted by molar-refractivity contribution is 5.77. The minimum atomic E-state index is -0.449. The zero-order valence-corrected chi connectivity index (χ0v) is 8.05. The van der Waals surface area contributed by atoms with E-state index in [1.165, 1.54) is 0 Å². The first-order valence-electron chi connectivity index (χ1n) is 4.33. The average molecular weight is 182 g/mol. The topological polar surface area (TPSA) is 35.5 Å².